The van der Waals surface area contributed by atoms with E-state index < -0.39 is 10.0 Å². The molecule has 0 spiro atoms. The fraction of sp³-hybridized carbons (Fsp3) is 0.714. The number of nitrogens with one attached hydrogen (secondary N) is 2. The summed E-state index contributed by atoms with van der Waals surface area (Å²) in [6.45, 7) is 7.53. The van der Waals surface area contributed by atoms with Gasteiger partial charge < -0.3 is 9.73 Å². The monoisotopic (exact) mass is 302 g/mol. The molecule has 0 saturated carbocycles. The van der Waals surface area contributed by atoms with E-state index in [2.05, 4.69) is 17.0 Å². The maximum Gasteiger partial charge on any atom is 0.274 e. The molecule has 1 aromatic heterocycles. The van der Waals surface area contributed by atoms with Gasteiger partial charge in [0.1, 0.15) is 5.76 Å². The fourth-order valence-electron chi connectivity index (χ4n) is 1.96. The van der Waals surface area contributed by atoms with Crippen molar-refractivity contribution in [2.24, 2.45) is 0 Å². The minimum Gasteiger partial charge on any atom is -0.447 e. The van der Waals surface area contributed by atoms with Gasteiger partial charge in [-0.15, -0.1) is 0 Å². The Bertz CT molecular complexity index is 482. The van der Waals surface area contributed by atoms with Gasteiger partial charge in [0, 0.05) is 6.04 Å². The molecular formula is C14H26N2O3S. The highest BCUT2D eigenvalue weighted by molar-refractivity contribution is 7.89. The molecule has 0 amide bonds. The van der Waals surface area contributed by atoms with Crippen LogP contribution in [0.4, 0.5) is 0 Å². The SMILES string of the molecule is CCCNCc1ccc(S(=O)(=O)NC(CC)CCC)o1. The van der Waals surface area contributed by atoms with E-state index in [0.717, 1.165) is 32.2 Å². The zero-order chi connectivity index (χ0) is 15.0. The Hall–Kier alpha value is -0.850. The summed E-state index contributed by atoms with van der Waals surface area (Å²) >= 11 is 0. The molecule has 1 heterocycles. The van der Waals surface area contributed by atoms with Crippen LogP contribution in [0.25, 0.3) is 0 Å². The average Bonchev–Trinajstić information content (AvgIpc) is 2.88. The van der Waals surface area contributed by atoms with Crippen LogP contribution in [-0.4, -0.2) is 21.0 Å². The van der Waals surface area contributed by atoms with Crippen LogP contribution in [0, 0.1) is 0 Å². The van der Waals surface area contributed by atoms with Gasteiger partial charge in [-0.3, -0.25) is 0 Å². The van der Waals surface area contributed by atoms with Crippen LogP contribution in [-0.2, 0) is 16.6 Å². The third-order valence-corrected chi connectivity index (χ3v) is 4.47. The quantitative estimate of drug-likeness (QED) is 0.652. The molecule has 0 fully saturated rings. The number of furan rings is 1. The predicted octanol–water partition coefficient (Wildman–Crippen LogP) is 2.64. The highest BCUT2D eigenvalue weighted by Gasteiger charge is 2.22. The van der Waals surface area contributed by atoms with E-state index in [1.165, 1.54) is 6.07 Å². The molecule has 1 unspecified atom stereocenters. The van der Waals surface area contributed by atoms with Crippen molar-refractivity contribution in [3.63, 3.8) is 0 Å². The van der Waals surface area contributed by atoms with E-state index in [-0.39, 0.29) is 11.1 Å². The highest BCUT2D eigenvalue weighted by Crippen LogP contribution is 2.15. The van der Waals surface area contributed by atoms with Crippen LogP contribution in [0.15, 0.2) is 21.6 Å². The molecule has 6 heteroatoms. The van der Waals surface area contributed by atoms with Crippen molar-refractivity contribution in [3.8, 4) is 0 Å². The van der Waals surface area contributed by atoms with Crippen molar-refractivity contribution >= 4 is 10.0 Å². The normalized spacial score (nSPS) is 13.6. The highest BCUT2D eigenvalue weighted by atomic mass is 32.2. The van der Waals surface area contributed by atoms with Crippen molar-refractivity contribution in [1.29, 1.82) is 0 Å². The lowest BCUT2D eigenvalue weighted by Gasteiger charge is -2.14. The molecule has 0 aliphatic rings. The van der Waals surface area contributed by atoms with Gasteiger partial charge in [0.25, 0.3) is 10.0 Å². The maximum absolute atomic E-state index is 12.2. The predicted molar refractivity (Wildman–Crippen MR) is 80.0 cm³/mol. The third-order valence-electron chi connectivity index (χ3n) is 3.08. The Labute approximate surface area is 122 Å². The van der Waals surface area contributed by atoms with Crippen LogP contribution in [0.5, 0.6) is 0 Å². The molecule has 0 bridgehead atoms. The first-order valence-electron chi connectivity index (χ1n) is 7.35. The topological polar surface area (TPSA) is 71.3 Å². The van der Waals surface area contributed by atoms with Crippen molar-refractivity contribution in [2.75, 3.05) is 6.54 Å². The van der Waals surface area contributed by atoms with E-state index >= 15 is 0 Å². The molecule has 5 nitrogen and oxygen atoms in total. The molecular weight excluding hydrogens is 276 g/mol. The summed E-state index contributed by atoms with van der Waals surface area (Å²) < 4.78 is 32.5. The second-order valence-electron chi connectivity index (χ2n) is 4.91. The van der Waals surface area contributed by atoms with Crippen LogP contribution in [0.3, 0.4) is 0 Å². The minimum atomic E-state index is -3.55. The fourth-order valence-corrected chi connectivity index (χ4v) is 3.26. The van der Waals surface area contributed by atoms with Crippen molar-refractivity contribution in [1.82, 2.24) is 10.0 Å². The molecule has 20 heavy (non-hydrogen) atoms. The maximum atomic E-state index is 12.2. The number of hydrogen-bond donors (Lipinski definition) is 2. The van der Waals surface area contributed by atoms with Crippen molar-refractivity contribution in [2.45, 2.75) is 64.1 Å². The molecule has 0 aliphatic carbocycles. The van der Waals surface area contributed by atoms with Gasteiger partial charge in [-0.25, -0.2) is 13.1 Å². The summed E-state index contributed by atoms with van der Waals surface area (Å²) in [7, 11) is -3.55. The number of hydrogen-bond acceptors (Lipinski definition) is 4. The Morgan fingerprint density at radius 3 is 2.55 bits per heavy atom. The smallest absolute Gasteiger partial charge is 0.274 e. The first kappa shape index (κ1) is 17.2. The lowest BCUT2D eigenvalue weighted by molar-refractivity contribution is 0.396. The molecule has 0 radical (unpaired) electrons. The van der Waals surface area contributed by atoms with Crippen LogP contribution < -0.4 is 10.0 Å². The Kier molecular flexibility index (Phi) is 7.26. The van der Waals surface area contributed by atoms with Gasteiger partial charge in [0.15, 0.2) is 0 Å². The van der Waals surface area contributed by atoms with Gasteiger partial charge in [0.05, 0.1) is 6.54 Å². The van der Waals surface area contributed by atoms with Crippen LogP contribution >= 0.6 is 0 Å². The first-order chi connectivity index (χ1) is 9.53. The van der Waals surface area contributed by atoms with Crippen molar-refractivity contribution in [3.05, 3.63) is 17.9 Å². The summed E-state index contributed by atoms with van der Waals surface area (Å²) in [5.41, 5.74) is 0. The molecule has 2 N–H and O–H groups in total. The van der Waals surface area contributed by atoms with Gasteiger partial charge in [-0.2, -0.15) is 0 Å². The van der Waals surface area contributed by atoms with Gasteiger partial charge >= 0.3 is 0 Å². The summed E-state index contributed by atoms with van der Waals surface area (Å²) in [6, 6.07) is 3.19. The molecule has 1 rings (SSSR count). The lowest BCUT2D eigenvalue weighted by Crippen LogP contribution is -2.34. The Morgan fingerprint density at radius 2 is 1.95 bits per heavy atom. The zero-order valence-electron chi connectivity index (χ0n) is 12.6. The number of sulfonamides is 1. The Morgan fingerprint density at radius 1 is 1.20 bits per heavy atom. The van der Waals surface area contributed by atoms with E-state index in [0.29, 0.717) is 12.3 Å². The standard InChI is InChI=1S/C14H26N2O3S/c1-4-7-12(6-3)16-20(17,18)14-9-8-13(19-14)11-15-10-5-2/h8-9,12,15-16H,4-7,10-11H2,1-3H3. The number of rotatable bonds is 10. The molecule has 1 aromatic rings. The zero-order valence-corrected chi connectivity index (χ0v) is 13.4. The van der Waals surface area contributed by atoms with Gasteiger partial charge in [-0.05, 0) is 37.9 Å². The Balaban J connectivity index is 2.67. The van der Waals surface area contributed by atoms with E-state index in [1.54, 1.807) is 6.07 Å². The van der Waals surface area contributed by atoms with E-state index in [1.807, 2.05) is 13.8 Å². The molecule has 1 atom stereocenters. The lowest BCUT2D eigenvalue weighted by atomic mass is 10.1. The summed E-state index contributed by atoms with van der Waals surface area (Å²) in [5.74, 6) is 0.641. The van der Waals surface area contributed by atoms with E-state index in [9.17, 15) is 8.42 Å². The minimum absolute atomic E-state index is 0.000325. The van der Waals surface area contributed by atoms with Crippen LogP contribution in [0.1, 0.15) is 52.2 Å². The molecule has 0 aliphatic heterocycles. The van der Waals surface area contributed by atoms with E-state index in [4.69, 9.17) is 4.42 Å². The molecule has 0 saturated heterocycles. The molecule has 116 valence electrons. The van der Waals surface area contributed by atoms with Gasteiger partial charge in [-0.1, -0.05) is 27.2 Å². The summed E-state index contributed by atoms with van der Waals surface area (Å²) in [5, 5.41) is 3.18. The van der Waals surface area contributed by atoms with Crippen LogP contribution in [0.2, 0.25) is 0 Å². The average molecular weight is 302 g/mol. The second-order valence-corrected chi connectivity index (χ2v) is 6.56. The largest absolute Gasteiger partial charge is 0.447 e. The first-order valence-corrected chi connectivity index (χ1v) is 8.83. The summed E-state index contributed by atoms with van der Waals surface area (Å²) in [4.78, 5) is 0. The third kappa shape index (κ3) is 5.26. The molecule has 0 aromatic carbocycles. The van der Waals surface area contributed by atoms with Gasteiger partial charge in [0.2, 0.25) is 5.09 Å². The van der Waals surface area contributed by atoms with Crippen molar-refractivity contribution < 1.29 is 12.8 Å². The summed E-state index contributed by atoms with van der Waals surface area (Å²) in [6.07, 6.45) is 3.59. The second kappa shape index (κ2) is 8.44.